The van der Waals surface area contributed by atoms with E-state index in [1.165, 1.54) is 34.4 Å². The third-order valence-electron chi connectivity index (χ3n) is 5.33. The van der Waals surface area contributed by atoms with Gasteiger partial charge in [0.2, 0.25) is 5.91 Å². The van der Waals surface area contributed by atoms with Crippen LogP contribution in [0.15, 0.2) is 65.7 Å². The molecule has 0 unspecified atom stereocenters. The molecule has 4 aromatic rings. The average molecular weight is 491 g/mol. The molecule has 9 nitrogen and oxygen atoms in total. The van der Waals surface area contributed by atoms with Crippen LogP contribution in [-0.4, -0.2) is 39.0 Å². The van der Waals surface area contributed by atoms with Gasteiger partial charge >= 0.3 is 5.97 Å². The third-order valence-corrected chi connectivity index (χ3v) is 6.34. The summed E-state index contributed by atoms with van der Waals surface area (Å²) in [5, 5.41) is 14.2. The topological polar surface area (TPSA) is 130 Å². The maximum Gasteiger partial charge on any atom is 0.322 e. The standard InChI is InChI=1S/C25H22N4O5S/c1-15-21(16-5-3-2-4-6-16)22-24(35-15)27-14-29(25(22)34)12-11-19(30)28-18-9-7-17(8-10-18)23(33)26-13-20(31)32/h2-10,14H,11-13H2,1H3,(H,26,33)(H,28,30)(H,31,32). The molecular weight excluding hydrogens is 468 g/mol. The SMILES string of the molecule is Cc1sc2ncn(CCC(=O)Nc3ccc(C(=O)NCC(=O)O)cc3)c(=O)c2c1-c1ccccc1. The number of carbonyl (C=O) groups is 3. The summed E-state index contributed by atoms with van der Waals surface area (Å²) in [5.74, 6) is -1.96. The Hall–Kier alpha value is -4.31. The Bertz CT molecular complexity index is 1460. The van der Waals surface area contributed by atoms with E-state index >= 15 is 0 Å². The van der Waals surface area contributed by atoms with Gasteiger partial charge < -0.3 is 15.7 Å². The second kappa shape index (κ2) is 10.3. The van der Waals surface area contributed by atoms with Crippen LogP contribution < -0.4 is 16.2 Å². The number of fused-ring (bicyclic) bond motifs is 1. The summed E-state index contributed by atoms with van der Waals surface area (Å²) in [6.07, 6.45) is 1.52. The van der Waals surface area contributed by atoms with Crippen molar-refractivity contribution in [2.24, 2.45) is 0 Å². The molecule has 0 fully saturated rings. The van der Waals surface area contributed by atoms with E-state index < -0.39 is 18.4 Å². The number of rotatable bonds is 8. The van der Waals surface area contributed by atoms with Crippen molar-refractivity contribution in [3.8, 4) is 11.1 Å². The van der Waals surface area contributed by atoms with E-state index in [1.807, 2.05) is 37.3 Å². The highest BCUT2D eigenvalue weighted by atomic mass is 32.1. The van der Waals surface area contributed by atoms with Crippen molar-refractivity contribution in [1.82, 2.24) is 14.9 Å². The number of aliphatic carboxylic acids is 1. The molecule has 4 rings (SSSR count). The van der Waals surface area contributed by atoms with Crippen LogP contribution in [0.25, 0.3) is 21.3 Å². The maximum absolute atomic E-state index is 13.2. The lowest BCUT2D eigenvalue weighted by molar-refractivity contribution is -0.135. The zero-order valence-corrected chi connectivity index (χ0v) is 19.6. The van der Waals surface area contributed by atoms with E-state index in [-0.39, 0.29) is 30.0 Å². The molecule has 2 heterocycles. The fraction of sp³-hybridized carbons (Fsp3) is 0.160. The fourth-order valence-electron chi connectivity index (χ4n) is 3.66. The number of thiophene rings is 1. The van der Waals surface area contributed by atoms with Crippen molar-refractivity contribution in [3.63, 3.8) is 0 Å². The molecule has 0 radical (unpaired) electrons. The van der Waals surface area contributed by atoms with E-state index in [9.17, 15) is 19.2 Å². The van der Waals surface area contributed by atoms with Crippen molar-refractivity contribution in [2.45, 2.75) is 19.9 Å². The smallest absolute Gasteiger partial charge is 0.322 e. The number of benzene rings is 2. The van der Waals surface area contributed by atoms with Gasteiger partial charge in [0.15, 0.2) is 0 Å². The Balaban J connectivity index is 1.44. The molecule has 10 heteroatoms. The van der Waals surface area contributed by atoms with Crippen molar-refractivity contribution in [3.05, 3.63) is 81.7 Å². The number of nitrogens with one attached hydrogen (secondary N) is 2. The molecule has 2 amide bonds. The third kappa shape index (κ3) is 5.44. The Morgan fingerprint density at radius 3 is 2.46 bits per heavy atom. The van der Waals surface area contributed by atoms with E-state index in [0.717, 1.165) is 16.0 Å². The van der Waals surface area contributed by atoms with Gasteiger partial charge in [-0.25, -0.2) is 4.98 Å². The van der Waals surface area contributed by atoms with Crippen LogP contribution in [0.1, 0.15) is 21.7 Å². The van der Waals surface area contributed by atoms with Crippen molar-refractivity contribution in [2.75, 3.05) is 11.9 Å². The number of aromatic nitrogens is 2. The number of carboxylic acids is 1. The van der Waals surface area contributed by atoms with Gasteiger partial charge in [-0.2, -0.15) is 0 Å². The molecule has 0 aliphatic heterocycles. The van der Waals surface area contributed by atoms with Gasteiger partial charge in [0, 0.05) is 34.7 Å². The van der Waals surface area contributed by atoms with Crippen LogP contribution >= 0.6 is 11.3 Å². The first-order chi connectivity index (χ1) is 16.8. The molecule has 35 heavy (non-hydrogen) atoms. The molecule has 0 atom stereocenters. The summed E-state index contributed by atoms with van der Waals surface area (Å²) < 4.78 is 1.44. The highest BCUT2D eigenvalue weighted by molar-refractivity contribution is 7.19. The number of amides is 2. The minimum Gasteiger partial charge on any atom is -0.480 e. The van der Waals surface area contributed by atoms with Crippen LogP contribution in [0.2, 0.25) is 0 Å². The molecule has 0 aliphatic carbocycles. The largest absolute Gasteiger partial charge is 0.480 e. The monoisotopic (exact) mass is 490 g/mol. The van der Waals surface area contributed by atoms with Gasteiger partial charge in [-0.1, -0.05) is 30.3 Å². The van der Waals surface area contributed by atoms with Gasteiger partial charge in [0.25, 0.3) is 11.5 Å². The summed E-state index contributed by atoms with van der Waals surface area (Å²) in [6, 6.07) is 15.8. The lowest BCUT2D eigenvalue weighted by Crippen LogP contribution is -2.29. The van der Waals surface area contributed by atoms with E-state index in [4.69, 9.17) is 5.11 Å². The first-order valence-electron chi connectivity index (χ1n) is 10.8. The highest BCUT2D eigenvalue weighted by Crippen LogP contribution is 2.35. The molecule has 2 aromatic carbocycles. The summed E-state index contributed by atoms with van der Waals surface area (Å²) in [6.45, 7) is 1.65. The molecular formula is C25H22N4O5S. The van der Waals surface area contributed by atoms with Crippen LogP contribution in [-0.2, 0) is 16.1 Å². The van der Waals surface area contributed by atoms with Gasteiger partial charge in [0.1, 0.15) is 11.4 Å². The van der Waals surface area contributed by atoms with Crippen molar-refractivity contribution >= 4 is 45.0 Å². The van der Waals surface area contributed by atoms with Gasteiger partial charge in [-0.3, -0.25) is 23.7 Å². The van der Waals surface area contributed by atoms with Gasteiger partial charge in [0.05, 0.1) is 11.7 Å². The minimum atomic E-state index is -1.14. The number of hydrogen-bond acceptors (Lipinski definition) is 6. The molecule has 3 N–H and O–H groups in total. The first-order valence-corrected chi connectivity index (χ1v) is 11.6. The average Bonchev–Trinajstić information content (AvgIpc) is 3.19. The van der Waals surface area contributed by atoms with E-state index in [2.05, 4.69) is 15.6 Å². The predicted molar refractivity (Wildman–Crippen MR) is 134 cm³/mol. The lowest BCUT2D eigenvalue weighted by Gasteiger charge is -2.09. The lowest BCUT2D eigenvalue weighted by atomic mass is 10.0. The number of carboxylic acid groups (broad SMARTS) is 1. The Morgan fingerprint density at radius 1 is 1.06 bits per heavy atom. The Morgan fingerprint density at radius 2 is 1.77 bits per heavy atom. The van der Waals surface area contributed by atoms with Gasteiger partial charge in [-0.05, 0) is 36.8 Å². The fourth-order valence-corrected chi connectivity index (χ4v) is 4.66. The summed E-state index contributed by atoms with van der Waals surface area (Å²) in [5.41, 5.74) is 2.38. The van der Waals surface area contributed by atoms with Crippen LogP contribution in [0, 0.1) is 6.92 Å². The van der Waals surface area contributed by atoms with Crippen molar-refractivity contribution in [1.29, 1.82) is 0 Å². The maximum atomic E-state index is 13.2. The molecule has 0 saturated carbocycles. The van der Waals surface area contributed by atoms with Crippen LogP contribution in [0.3, 0.4) is 0 Å². The second-order valence-corrected chi connectivity index (χ2v) is 8.98. The number of carbonyl (C=O) groups excluding carboxylic acids is 2. The highest BCUT2D eigenvalue weighted by Gasteiger charge is 2.17. The zero-order valence-electron chi connectivity index (χ0n) is 18.8. The van der Waals surface area contributed by atoms with Gasteiger partial charge in [-0.15, -0.1) is 11.3 Å². The number of aryl methyl sites for hydroxylation is 2. The molecule has 2 aromatic heterocycles. The Kier molecular flexibility index (Phi) is 7.02. The van der Waals surface area contributed by atoms with Crippen molar-refractivity contribution < 1.29 is 19.5 Å². The zero-order chi connectivity index (χ0) is 24.9. The predicted octanol–water partition coefficient (Wildman–Crippen LogP) is 3.28. The quantitative estimate of drug-likeness (QED) is 0.348. The minimum absolute atomic E-state index is 0.0533. The summed E-state index contributed by atoms with van der Waals surface area (Å²) >= 11 is 1.47. The normalized spacial score (nSPS) is 10.8. The summed E-state index contributed by atoms with van der Waals surface area (Å²) in [4.78, 5) is 54.2. The first kappa shape index (κ1) is 23.8. The molecule has 0 spiro atoms. The van der Waals surface area contributed by atoms with Crippen LogP contribution in [0.4, 0.5) is 5.69 Å². The second-order valence-electron chi connectivity index (χ2n) is 7.77. The number of hydrogen-bond donors (Lipinski definition) is 3. The molecule has 0 aliphatic rings. The van der Waals surface area contributed by atoms with Crippen LogP contribution in [0.5, 0.6) is 0 Å². The van der Waals surface area contributed by atoms with E-state index in [1.54, 1.807) is 12.1 Å². The Labute approximate surface area is 204 Å². The molecule has 178 valence electrons. The number of anilines is 1. The molecule has 0 bridgehead atoms. The number of nitrogens with zero attached hydrogens (tertiary/aromatic N) is 2. The molecule has 0 saturated heterocycles. The van der Waals surface area contributed by atoms with E-state index in [0.29, 0.717) is 15.9 Å². The summed E-state index contributed by atoms with van der Waals surface area (Å²) in [7, 11) is 0.